The van der Waals surface area contributed by atoms with E-state index in [-0.39, 0.29) is 12.6 Å². The number of ether oxygens (including phenoxy) is 1. The number of aliphatic hydroxyl groups excluding tert-OH is 1. The van der Waals surface area contributed by atoms with Crippen molar-refractivity contribution in [3.63, 3.8) is 0 Å². The van der Waals surface area contributed by atoms with Gasteiger partial charge < -0.3 is 15.6 Å². The predicted molar refractivity (Wildman–Crippen MR) is 100 cm³/mol. The third kappa shape index (κ3) is 5.15. The van der Waals surface area contributed by atoms with Gasteiger partial charge in [-0.05, 0) is 43.4 Å². The van der Waals surface area contributed by atoms with Gasteiger partial charge in [0, 0.05) is 6.04 Å². The maximum absolute atomic E-state index is 12.0. The van der Waals surface area contributed by atoms with E-state index in [1.54, 1.807) is 13.8 Å². The van der Waals surface area contributed by atoms with E-state index in [4.69, 9.17) is 10.5 Å². The van der Waals surface area contributed by atoms with Crippen molar-refractivity contribution < 1.29 is 14.6 Å². The molecule has 0 unspecified atom stereocenters. The highest BCUT2D eigenvalue weighted by Gasteiger charge is 2.35. The molecule has 2 rings (SSSR count). The van der Waals surface area contributed by atoms with Crippen LogP contribution in [0.5, 0.6) is 0 Å². The number of esters is 1. The standard InChI is InChI=1S/C21H27NO3/c1-3-25-20(24)21(2,15-23)14-19(22)13-16-9-11-18(12-10-16)17-7-5-4-6-8-17/h4-12,19,23H,3,13-15,22H2,1-2H3/t19-,21+/m1/s1. The first kappa shape index (κ1) is 19.2. The molecule has 0 amide bonds. The molecule has 0 aromatic heterocycles. The molecule has 0 bridgehead atoms. The van der Waals surface area contributed by atoms with Gasteiger partial charge in [0.1, 0.15) is 0 Å². The van der Waals surface area contributed by atoms with Gasteiger partial charge in [-0.3, -0.25) is 4.79 Å². The van der Waals surface area contributed by atoms with Crippen LogP contribution in [-0.2, 0) is 16.0 Å². The molecule has 0 radical (unpaired) electrons. The van der Waals surface area contributed by atoms with E-state index in [1.165, 1.54) is 5.56 Å². The second-order valence-corrected chi connectivity index (χ2v) is 6.67. The van der Waals surface area contributed by atoms with Crippen molar-refractivity contribution >= 4 is 5.97 Å². The molecule has 0 spiro atoms. The van der Waals surface area contributed by atoms with Crippen LogP contribution in [0.15, 0.2) is 54.6 Å². The Balaban J connectivity index is 2.00. The van der Waals surface area contributed by atoms with Crippen LogP contribution in [0.4, 0.5) is 0 Å². The summed E-state index contributed by atoms with van der Waals surface area (Å²) >= 11 is 0. The van der Waals surface area contributed by atoms with Gasteiger partial charge in [-0.15, -0.1) is 0 Å². The molecule has 0 fully saturated rings. The maximum atomic E-state index is 12.0. The number of aliphatic hydroxyl groups is 1. The molecular weight excluding hydrogens is 314 g/mol. The zero-order valence-corrected chi connectivity index (χ0v) is 14.9. The minimum atomic E-state index is -0.959. The van der Waals surface area contributed by atoms with E-state index < -0.39 is 11.4 Å². The second kappa shape index (κ2) is 8.79. The van der Waals surface area contributed by atoms with Gasteiger partial charge in [0.05, 0.1) is 18.6 Å². The van der Waals surface area contributed by atoms with Crippen molar-refractivity contribution in [2.24, 2.45) is 11.1 Å². The molecule has 0 aliphatic carbocycles. The lowest BCUT2D eigenvalue weighted by atomic mass is 9.83. The van der Waals surface area contributed by atoms with Crippen LogP contribution < -0.4 is 5.73 Å². The SMILES string of the molecule is CCOC(=O)[C@](C)(CO)C[C@H](N)Cc1ccc(-c2ccccc2)cc1. The van der Waals surface area contributed by atoms with E-state index in [0.717, 1.165) is 11.1 Å². The highest BCUT2D eigenvalue weighted by molar-refractivity contribution is 5.76. The lowest BCUT2D eigenvalue weighted by Crippen LogP contribution is -2.40. The van der Waals surface area contributed by atoms with E-state index in [9.17, 15) is 9.90 Å². The second-order valence-electron chi connectivity index (χ2n) is 6.67. The van der Waals surface area contributed by atoms with Gasteiger partial charge in [-0.25, -0.2) is 0 Å². The highest BCUT2D eigenvalue weighted by Crippen LogP contribution is 2.26. The van der Waals surface area contributed by atoms with Crippen molar-refractivity contribution in [2.45, 2.75) is 32.7 Å². The summed E-state index contributed by atoms with van der Waals surface area (Å²) in [5.41, 5.74) is 8.71. The molecule has 25 heavy (non-hydrogen) atoms. The first-order chi connectivity index (χ1) is 12.0. The Hall–Kier alpha value is -2.17. The minimum absolute atomic E-state index is 0.232. The number of carbonyl (C=O) groups excluding carboxylic acids is 1. The maximum Gasteiger partial charge on any atom is 0.314 e. The molecule has 0 aliphatic rings. The Morgan fingerprint density at radius 2 is 1.72 bits per heavy atom. The van der Waals surface area contributed by atoms with Crippen LogP contribution in [-0.4, -0.2) is 30.3 Å². The van der Waals surface area contributed by atoms with Gasteiger partial charge in [-0.2, -0.15) is 0 Å². The lowest BCUT2D eigenvalue weighted by molar-refractivity contribution is -0.157. The fraction of sp³-hybridized carbons (Fsp3) is 0.381. The molecule has 134 valence electrons. The summed E-state index contributed by atoms with van der Waals surface area (Å²) in [5, 5.41) is 9.60. The van der Waals surface area contributed by atoms with E-state index >= 15 is 0 Å². The number of rotatable bonds is 8. The fourth-order valence-electron chi connectivity index (χ4n) is 2.94. The Bertz CT molecular complexity index is 669. The molecule has 2 atom stereocenters. The van der Waals surface area contributed by atoms with Crippen molar-refractivity contribution in [1.82, 2.24) is 0 Å². The predicted octanol–water partition coefficient (Wildman–Crippen LogP) is 3.18. The van der Waals surface area contributed by atoms with Crippen LogP contribution in [0.25, 0.3) is 11.1 Å². The van der Waals surface area contributed by atoms with Crippen LogP contribution in [0.1, 0.15) is 25.8 Å². The Kier molecular flexibility index (Phi) is 6.73. The van der Waals surface area contributed by atoms with Gasteiger partial charge in [0.15, 0.2) is 0 Å². The normalized spacial score (nSPS) is 14.6. The van der Waals surface area contributed by atoms with E-state index in [1.807, 2.05) is 18.2 Å². The summed E-state index contributed by atoms with van der Waals surface area (Å²) in [4.78, 5) is 12.0. The van der Waals surface area contributed by atoms with Gasteiger partial charge in [-0.1, -0.05) is 54.6 Å². The van der Waals surface area contributed by atoms with Crippen LogP contribution in [0, 0.1) is 5.41 Å². The minimum Gasteiger partial charge on any atom is -0.466 e. The van der Waals surface area contributed by atoms with Crippen molar-refractivity contribution in [3.8, 4) is 11.1 Å². The molecule has 3 N–H and O–H groups in total. The molecule has 2 aromatic rings. The fourth-order valence-corrected chi connectivity index (χ4v) is 2.94. The lowest BCUT2D eigenvalue weighted by Gasteiger charge is -2.27. The van der Waals surface area contributed by atoms with Crippen LogP contribution >= 0.6 is 0 Å². The largest absolute Gasteiger partial charge is 0.466 e. The van der Waals surface area contributed by atoms with E-state index in [2.05, 4.69) is 36.4 Å². The summed E-state index contributed by atoms with van der Waals surface area (Å²) in [7, 11) is 0. The number of nitrogens with two attached hydrogens (primary N) is 1. The van der Waals surface area contributed by atoms with Gasteiger partial charge in [0.2, 0.25) is 0 Å². The summed E-state index contributed by atoms with van der Waals surface area (Å²) in [6.45, 7) is 3.48. The molecule has 4 heteroatoms. The average Bonchev–Trinajstić information content (AvgIpc) is 2.63. The number of benzene rings is 2. The van der Waals surface area contributed by atoms with Gasteiger partial charge >= 0.3 is 5.97 Å². The molecule has 2 aromatic carbocycles. The molecule has 0 saturated heterocycles. The van der Waals surface area contributed by atoms with Crippen molar-refractivity contribution in [3.05, 3.63) is 60.2 Å². The number of carbonyl (C=O) groups is 1. The monoisotopic (exact) mass is 341 g/mol. The summed E-state index contributed by atoms with van der Waals surface area (Å²) in [5.74, 6) is -0.396. The quantitative estimate of drug-likeness (QED) is 0.723. The summed E-state index contributed by atoms with van der Waals surface area (Å²) < 4.78 is 5.06. The third-order valence-electron chi connectivity index (χ3n) is 4.39. The zero-order valence-electron chi connectivity index (χ0n) is 14.9. The Morgan fingerprint density at radius 3 is 2.28 bits per heavy atom. The van der Waals surface area contributed by atoms with Crippen molar-refractivity contribution in [2.75, 3.05) is 13.2 Å². The first-order valence-electron chi connectivity index (χ1n) is 8.66. The molecule has 0 heterocycles. The molecule has 0 aliphatic heterocycles. The first-order valence-corrected chi connectivity index (χ1v) is 8.66. The summed E-state index contributed by atoms with van der Waals surface area (Å²) in [6.07, 6.45) is 1.02. The Morgan fingerprint density at radius 1 is 1.12 bits per heavy atom. The number of hydrogen-bond donors (Lipinski definition) is 2. The average molecular weight is 341 g/mol. The number of hydrogen-bond acceptors (Lipinski definition) is 4. The van der Waals surface area contributed by atoms with Crippen LogP contribution in [0.3, 0.4) is 0 Å². The molecule has 4 nitrogen and oxygen atoms in total. The third-order valence-corrected chi connectivity index (χ3v) is 4.39. The molecular formula is C21H27NO3. The van der Waals surface area contributed by atoms with Crippen molar-refractivity contribution in [1.29, 1.82) is 0 Å². The summed E-state index contributed by atoms with van der Waals surface area (Å²) in [6, 6.07) is 18.2. The smallest absolute Gasteiger partial charge is 0.314 e. The zero-order chi connectivity index (χ0) is 18.3. The van der Waals surface area contributed by atoms with Gasteiger partial charge in [0.25, 0.3) is 0 Å². The topological polar surface area (TPSA) is 72.5 Å². The van der Waals surface area contributed by atoms with E-state index in [0.29, 0.717) is 19.4 Å². The molecule has 0 saturated carbocycles. The highest BCUT2D eigenvalue weighted by atomic mass is 16.5. The van der Waals surface area contributed by atoms with Crippen LogP contribution in [0.2, 0.25) is 0 Å². The Labute approximate surface area is 149 Å².